The monoisotopic (exact) mass is 778 g/mol. The van der Waals surface area contributed by atoms with Crippen LogP contribution in [0.1, 0.15) is 66.0 Å². The Kier molecular flexibility index (Phi) is 11.4. The number of hydrogen-bond donors (Lipinski definition) is 5. The van der Waals surface area contributed by atoms with Gasteiger partial charge in [-0.2, -0.15) is 18.2 Å². The molecular formula is C39H42ClF3N8O4. The molecule has 55 heavy (non-hydrogen) atoms. The number of carbonyl (C=O) groups is 2. The Morgan fingerprint density at radius 2 is 1.51 bits per heavy atom. The van der Waals surface area contributed by atoms with Gasteiger partial charge in [-0.1, -0.05) is 35.9 Å². The zero-order valence-corrected chi connectivity index (χ0v) is 31.2. The minimum Gasteiger partial charge on any atom is -0.481 e. The van der Waals surface area contributed by atoms with Crippen molar-refractivity contribution >= 4 is 29.2 Å². The first-order chi connectivity index (χ1) is 26.5. The van der Waals surface area contributed by atoms with Gasteiger partial charge in [-0.3, -0.25) is 14.6 Å². The molecule has 12 nitrogen and oxygen atoms in total. The number of halogens is 4. The Balaban J connectivity index is 1.10. The molecule has 5 heterocycles. The summed E-state index contributed by atoms with van der Waals surface area (Å²) in [5.41, 5.74) is 4.52. The molecule has 2 fully saturated rings. The van der Waals surface area contributed by atoms with Gasteiger partial charge in [0.25, 0.3) is 0 Å². The lowest BCUT2D eigenvalue weighted by atomic mass is 9.98. The molecule has 0 bridgehead atoms. The van der Waals surface area contributed by atoms with E-state index in [0.717, 1.165) is 34.7 Å². The lowest BCUT2D eigenvalue weighted by Crippen LogP contribution is -2.35. The van der Waals surface area contributed by atoms with Crippen LogP contribution in [0.4, 0.5) is 19.0 Å². The second kappa shape index (κ2) is 16.4. The van der Waals surface area contributed by atoms with Crippen LogP contribution in [-0.4, -0.2) is 66.2 Å². The third-order valence-corrected chi connectivity index (χ3v) is 10.7. The summed E-state index contributed by atoms with van der Waals surface area (Å²) in [6.45, 7) is 1.63. The van der Waals surface area contributed by atoms with Crippen molar-refractivity contribution < 1.29 is 32.2 Å². The predicted molar refractivity (Wildman–Crippen MR) is 201 cm³/mol. The van der Waals surface area contributed by atoms with Crippen LogP contribution in [-0.2, 0) is 35.3 Å². The number of methoxy groups -OCH3 is 2. The average molecular weight is 779 g/mol. The Morgan fingerprint density at radius 3 is 2.15 bits per heavy atom. The van der Waals surface area contributed by atoms with Crippen LogP contribution in [0.3, 0.4) is 0 Å². The molecule has 3 aromatic heterocycles. The highest BCUT2D eigenvalue weighted by Gasteiger charge is 2.37. The van der Waals surface area contributed by atoms with Crippen molar-refractivity contribution in [1.82, 2.24) is 36.2 Å². The largest absolute Gasteiger partial charge is 0.481 e. The summed E-state index contributed by atoms with van der Waals surface area (Å²) in [5, 5.41) is 15.7. The van der Waals surface area contributed by atoms with E-state index in [-0.39, 0.29) is 47.7 Å². The van der Waals surface area contributed by atoms with Gasteiger partial charge in [0.2, 0.25) is 23.6 Å². The van der Waals surface area contributed by atoms with Gasteiger partial charge in [-0.25, -0.2) is 4.98 Å². The van der Waals surface area contributed by atoms with Crippen LogP contribution in [0.25, 0.3) is 22.5 Å². The van der Waals surface area contributed by atoms with Crippen molar-refractivity contribution in [3.63, 3.8) is 0 Å². The number of aromatic nitrogens is 3. The van der Waals surface area contributed by atoms with E-state index in [1.807, 2.05) is 30.3 Å². The van der Waals surface area contributed by atoms with E-state index in [1.165, 1.54) is 7.11 Å². The number of ether oxygens (including phenoxy) is 2. The molecule has 2 amide bonds. The molecule has 1 aromatic carbocycles. The molecule has 4 aromatic rings. The summed E-state index contributed by atoms with van der Waals surface area (Å²) in [5.74, 6) is 0.232. The normalized spacial score (nSPS) is 19.3. The molecule has 1 aliphatic carbocycles. The maximum atomic E-state index is 14.5. The van der Waals surface area contributed by atoms with Crippen LogP contribution < -0.4 is 36.1 Å². The van der Waals surface area contributed by atoms with Crippen LogP contribution in [0.5, 0.6) is 11.8 Å². The first-order valence-corrected chi connectivity index (χ1v) is 18.6. The molecule has 0 unspecified atom stereocenters. The van der Waals surface area contributed by atoms with Crippen LogP contribution in [0, 0.1) is 0 Å². The van der Waals surface area contributed by atoms with Gasteiger partial charge < -0.3 is 36.1 Å². The number of alkyl halides is 3. The van der Waals surface area contributed by atoms with Gasteiger partial charge in [0.15, 0.2) is 0 Å². The van der Waals surface area contributed by atoms with Crippen molar-refractivity contribution in [2.75, 3.05) is 32.6 Å². The Labute approximate surface area is 321 Å². The van der Waals surface area contributed by atoms with Crippen molar-refractivity contribution in [3.8, 4) is 34.3 Å². The Bertz CT molecular complexity index is 2080. The number of nitrogens with zero attached hydrogens (tertiary/aromatic N) is 3. The first-order valence-electron chi connectivity index (χ1n) is 18.2. The van der Waals surface area contributed by atoms with Gasteiger partial charge in [-0.15, -0.1) is 0 Å². The number of benzene rings is 1. The number of nitrogens with one attached hydrogen (secondary N) is 5. The van der Waals surface area contributed by atoms with Gasteiger partial charge >= 0.3 is 6.18 Å². The van der Waals surface area contributed by atoms with E-state index in [0.29, 0.717) is 79.6 Å². The van der Waals surface area contributed by atoms with Gasteiger partial charge in [0, 0.05) is 79.6 Å². The molecule has 3 aliphatic rings. The Morgan fingerprint density at radius 1 is 0.836 bits per heavy atom. The maximum Gasteiger partial charge on any atom is 0.419 e. The smallest absolute Gasteiger partial charge is 0.419 e. The van der Waals surface area contributed by atoms with Crippen molar-refractivity contribution in [3.05, 3.63) is 81.5 Å². The SMILES string of the molecule is COc1nc(-c2ccnc(-c3cccc4c3CC[C@@H]4Nc3nc(OC)c(CNC[C@@H]4CCC(=O)N4)cc3C(F)(F)F)c2Cl)ccc1CNC[C@H]1CCC(=O)N1. The lowest BCUT2D eigenvalue weighted by Gasteiger charge is -2.21. The molecule has 2 aliphatic heterocycles. The second-order valence-corrected chi connectivity index (χ2v) is 14.3. The summed E-state index contributed by atoms with van der Waals surface area (Å²) < 4.78 is 54.6. The number of anilines is 1. The molecule has 0 spiro atoms. The number of hydrogen-bond acceptors (Lipinski definition) is 10. The number of carbonyl (C=O) groups excluding carboxylic acids is 2. The molecular weight excluding hydrogens is 737 g/mol. The third kappa shape index (κ3) is 8.48. The van der Waals surface area contributed by atoms with E-state index in [9.17, 15) is 22.8 Å². The van der Waals surface area contributed by atoms with Gasteiger partial charge in [0.05, 0.1) is 42.2 Å². The highest BCUT2D eigenvalue weighted by atomic mass is 35.5. The van der Waals surface area contributed by atoms with E-state index in [1.54, 1.807) is 19.4 Å². The second-order valence-electron chi connectivity index (χ2n) is 13.9. The molecule has 5 N–H and O–H groups in total. The molecule has 0 saturated carbocycles. The number of pyridine rings is 3. The third-order valence-electron chi connectivity index (χ3n) is 10.3. The van der Waals surface area contributed by atoms with E-state index in [2.05, 4.69) is 36.6 Å². The number of rotatable bonds is 14. The standard InChI is InChI=1S/C39H42ClF3N8O4/c1-54-37-21(17-44-19-23-7-12-32(52)47-23)6-10-31(50-37)28-14-15-46-35(34(28)40)27-5-3-4-26-25(27)9-11-30(26)49-36-29(39(41,42)43)16-22(38(51-36)55-2)18-45-20-24-8-13-33(53)48-24/h3-6,10,14-16,23-24,30,44-45H,7-9,11-13,17-20H2,1-2H3,(H,47,52)(H,48,53)(H,49,51)/t23-,24+,30+/m1/s1. The Hall–Kier alpha value is -4.99. The fourth-order valence-corrected chi connectivity index (χ4v) is 7.85. The molecule has 7 rings (SSSR count). The zero-order valence-electron chi connectivity index (χ0n) is 30.4. The highest BCUT2D eigenvalue weighted by molar-refractivity contribution is 6.35. The fraction of sp³-hybridized carbons (Fsp3) is 0.410. The molecule has 0 radical (unpaired) electrons. The minimum absolute atomic E-state index is 0.0346. The topological polar surface area (TPSA) is 151 Å². The van der Waals surface area contributed by atoms with Gasteiger partial charge in [0.1, 0.15) is 5.82 Å². The molecule has 3 atom stereocenters. The van der Waals surface area contributed by atoms with Crippen molar-refractivity contribution in [2.24, 2.45) is 0 Å². The van der Waals surface area contributed by atoms with Crippen molar-refractivity contribution in [1.29, 1.82) is 0 Å². The first kappa shape index (κ1) is 38.3. The van der Waals surface area contributed by atoms with E-state index >= 15 is 0 Å². The molecule has 16 heteroatoms. The van der Waals surface area contributed by atoms with Crippen LogP contribution in [0.2, 0.25) is 5.02 Å². The number of fused-ring (bicyclic) bond motifs is 1. The van der Waals surface area contributed by atoms with E-state index in [4.69, 9.17) is 26.1 Å². The summed E-state index contributed by atoms with van der Waals surface area (Å²) in [7, 11) is 2.93. The predicted octanol–water partition coefficient (Wildman–Crippen LogP) is 5.73. The molecule has 2 saturated heterocycles. The quantitative estimate of drug-likeness (QED) is 0.107. The van der Waals surface area contributed by atoms with Crippen LogP contribution >= 0.6 is 11.6 Å². The summed E-state index contributed by atoms with van der Waals surface area (Å²) in [6.07, 6.45) is 0.503. The van der Waals surface area contributed by atoms with Gasteiger partial charge in [-0.05, 0) is 55.0 Å². The zero-order chi connectivity index (χ0) is 38.7. The summed E-state index contributed by atoms with van der Waals surface area (Å²) in [4.78, 5) is 36.8. The van der Waals surface area contributed by atoms with E-state index < -0.39 is 17.8 Å². The highest BCUT2D eigenvalue weighted by Crippen LogP contribution is 2.44. The lowest BCUT2D eigenvalue weighted by molar-refractivity contribution is -0.137. The fourth-order valence-electron chi connectivity index (χ4n) is 7.54. The maximum absolute atomic E-state index is 14.5. The van der Waals surface area contributed by atoms with Crippen molar-refractivity contribution in [2.45, 2.75) is 75.9 Å². The average Bonchev–Trinajstić information content (AvgIpc) is 3.91. The number of amides is 2. The molecule has 290 valence electrons. The summed E-state index contributed by atoms with van der Waals surface area (Å²) >= 11 is 7.07. The van der Waals surface area contributed by atoms with Crippen LogP contribution in [0.15, 0.2) is 48.7 Å². The minimum atomic E-state index is -4.68. The summed E-state index contributed by atoms with van der Waals surface area (Å²) in [6, 6.07) is 11.9.